The molecule has 0 saturated carbocycles. The number of hydrogen-bond acceptors (Lipinski definition) is 4. The Morgan fingerprint density at radius 3 is 2.17 bits per heavy atom. The number of carbonyl (C=O) groups is 2. The molecule has 1 aliphatic heterocycles. The van der Waals surface area contributed by atoms with Crippen molar-refractivity contribution < 1.29 is 14.5 Å². The van der Waals surface area contributed by atoms with Crippen LogP contribution in [0.25, 0.3) is 11.6 Å². The lowest BCUT2D eigenvalue weighted by molar-refractivity contribution is -0.384. The third-order valence-corrected chi connectivity index (χ3v) is 3.70. The minimum atomic E-state index is -0.482. The third kappa shape index (κ3) is 2.50. The van der Waals surface area contributed by atoms with Gasteiger partial charge in [0, 0.05) is 30.3 Å². The number of amides is 2. The number of rotatable bonds is 2. The summed E-state index contributed by atoms with van der Waals surface area (Å²) in [6, 6.07) is 12.8. The van der Waals surface area contributed by atoms with E-state index in [1.54, 1.807) is 42.5 Å². The fraction of sp³-hybridized carbons (Fsp3) is 0.0588. The number of nitro benzene ring substituents is 1. The van der Waals surface area contributed by atoms with Crippen molar-refractivity contribution in [1.29, 1.82) is 0 Å². The quantitative estimate of drug-likeness (QED) is 0.370. The second-order valence-electron chi connectivity index (χ2n) is 5.12. The molecule has 114 valence electrons. The Bertz CT molecular complexity index is 853. The SMILES string of the molecule is CN1C(=O)/C(=C/c2ccc([N+](=O)[O-])cc2)c2ccccc2C1=O. The van der Waals surface area contributed by atoms with Gasteiger partial charge in [-0.05, 0) is 35.4 Å². The van der Waals surface area contributed by atoms with Gasteiger partial charge >= 0.3 is 0 Å². The first-order valence-electron chi connectivity index (χ1n) is 6.87. The first-order valence-corrected chi connectivity index (χ1v) is 6.87. The van der Waals surface area contributed by atoms with Gasteiger partial charge < -0.3 is 0 Å². The van der Waals surface area contributed by atoms with Gasteiger partial charge in [0.15, 0.2) is 0 Å². The third-order valence-electron chi connectivity index (χ3n) is 3.70. The Balaban J connectivity index is 2.10. The van der Waals surface area contributed by atoms with Crippen LogP contribution in [0.15, 0.2) is 48.5 Å². The van der Waals surface area contributed by atoms with Gasteiger partial charge in [-0.25, -0.2) is 0 Å². The summed E-state index contributed by atoms with van der Waals surface area (Å²) >= 11 is 0. The van der Waals surface area contributed by atoms with E-state index in [4.69, 9.17) is 0 Å². The van der Waals surface area contributed by atoms with Gasteiger partial charge in [0.2, 0.25) is 0 Å². The summed E-state index contributed by atoms with van der Waals surface area (Å²) in [6.45, 7) is 0. The normalized spacial score (nSPS) is 15.7. The highest BCUT2D eigenvalue weighted by atomic mass is 16.6. The first-order chi connectivity index (χ1) is 11.0. The fourth-order valence-corrected chi connectivity index (χ4v) is 2.47. The number of imide groups is 1. The minimum Gasteiger partial charge on any atom is -0.277 e. The molecular weight excluding hydrogens is 296 g/mol. The summed E-state index contributed by atoms with van der Waals surface area (Å²) < 4.78 is 0. The van der Waals surface area contributed by atoms with E-state index in [1.807, 2.05) is 0 Å². The summed E-state index contributed by atoms with van der Waals surface area (Å²) in [4.78, 5) is 35.8. The molecule has 0 N–H and O–H groups in total. The molecule has 0 saturated heterocycles. The Labute approximate surface area is 131 Å². The lowest BCUT2D eigenvalue weighted by Gasteiger charge is -2.25. The predicted molar refractivity (Wildman–Crippen MR) is 84.5 cm³/mol. The molecule has 0 atom stereocenters. The lowest BCUT2D eigenvalue weighted by Crippen LogP contribution is -2.38. The van der Waals surface area contributed by atoms with E-state index in [9.17, 15) is 19.7 Å². The monoisotopic (exact) mass is 308 g/mol. The predicted octanol–water partition coefficient (Wildman–Crippen LogP) is 2.75. The van der Waals surface area contributed by atoms with Crippen molar-refractivity contribution in [2.75, 3.05) is 7.05 Å². The maximum Gasteiger partial charge on any atom is 0.269 e. The number of carbonyl (C=O) groups excluding carboxylic acids is 2. The van der Waals surface area contributed by atoms with Crippen molar-refractivity contribution in [2.45, 2.75) is 0 Å². The van der Waals surface area contributed by atoms with E-state index < -0.39 is 10.8 Å². The molecule has 2 aromatic rings. The van der Waals surface area contributed by atoms with Crippen LogP contribution in [0.1, 0.15) is 21.5 Å². The Hall–Kier alpha value is -3.28. The van der Waals surface area contributed by atoms with Crippen molar-refractivity contribution in [2.24, 2.45) is 0 Å². The Morgan fingerprint density at radius 1 is 0.957 bits per heavy atom. The number of nitro groups is 1. The van der Waals surface area contributed by atoms with Crippen molar-refractivity contribution in [1.82, 2.24) is 4.90 Å². The zero-order chi connectivity index (χ0) is 16.6. The molecule has 1 heterocycles. The molecule has 0 unspecified atom stereocenters. The van der Waals surface area contributed by atoms with Crippen LogP contribution in [-0.2, 0) is 4.79 Å². The highest BCUT2D eigenvalue weighted by molar-refractivity contribution is 6.33. The van der Waals surface area contributed by atoms with Crippen LogP contribution >= 0.6 is 0 Å². The zero-order valence-corrected chi connectivity index (χ0v) is 12.2. The van der Waals surface area contributed by atoms with Crippen molar-refractivity contribution in [3.05, 3.63) is 75.3 Å². The second kappa shape index (κ2) is 5.49. The van der Waals surface area contributed by atoms with E-state index in [0.717, 1.165) is 4.90 Å². The lowest BCUT2D eigenvalue weighted by atomic mass is 9.92. The molecule has 0 aliphatic carbocycles. The molecule has 1 aliphatic rings. The topological polar surface area (TPSA) is 80.5 Å². The van der Waals surface area contributed by atoms with E-state index in [2.05, 4.69) is 0 Å². The summed E-state index contributed by atoms with van der Waals surface area (Å²) in [5, 5.41) is 10.7. The van der Waals surface area contributed by atoms with Crippen molar-refractivity contribution >= 4 is 29.2 Å². The van der Waals surface area contributed by atoms with E-state index in [-0.39, 0.29) is 11.6 Å². The van der Waals surface area contributed by atoms with E-state index in [1.165, 1.54) is 19.2 Å². The highest BCUT2D eigenvalue weighted by Gasteiger charge is 2.31. The van der Waals surface area contributed by atoms with Gasteiger partial charge in [-0.3, -0.25) is 24.6 Å². The van der Waals surface area contributed by atoms with Gasteiger partial charge in [-0.1, -0.05) is 18.2 Å². The van der Waals surface area contributed by atoms with Crippen LogP contribution in [0.5, 0.6) is 0 Å². The van der Waals surface area contributed by atoms with Crippen LogP contribution in [-0.4, -0.2) is 28.7 Å². The van der Waals surface area contributed by atoms with Crippen LogP contribution < -0.4 is 0 Å². The molecular formula is C17H12N2O4. The molecule has 0 radical (unpaired) electrons. The molecule has 3 rings (SSSR count). The highest BCUT2D eigenvalue weighted by Crippen LogP contribution is 2.29. The van der Waals surface area contributed by atoms with Gasteiger partial charge in [0.05, 0.1) is 4.92 Å². The smallest absolute Gasteiger partial charge is 0.269 e. The molecule has 0 spiro atoms. The average Bonchev–Trinajstić information content (AvgIpc) is 2.57. The maximum absolute atomic E-state index is 12.4. The molecule has 6 nitrogen and oxygen atoms in total. The fourth-order valence-electron chi connectivity index (χ4n) is 2.47. The molecule has 0 fully saturated rings. The molecule has 0 aromatic heterocycles. The standard InChI is InChI=1S/C17H12N2O4/c1-18-16(20)14-5-3-2-4-13(14)15(17(18)21)10-11-6-8-12(9-7-11)19(22)23/h2-10H,1H3/b15-10+. The summed E-state index contributed by atoms with van der Waals surface area (Å²) in [6.07, 6.45) is 1.63. The summed E-state index contributed by atoms with van der Waals surface area (Å²) in [7, 11) is 1.43. The maximum atomic E-state index is 12.4. The van der Waals surface area contributed by atoms with Crippen LogP contribution in [0.3, 0.4) is 0 Å². The van der Waals surface area contributed by atoms with Gasteiger partial charge in [0.1, 0.15) is 0 Å². The number of likely N-dealkylation sites (N-methyl/N-ethyl adjacent to an activating group) is 1. The van der Waals surface area contributed by atoms with Crippen LogP contribution in [0.4, 0.5) is 5.69 Å². The first kappa shape index (κ1) is 14.6. The Morgan fingerprint density at radius 2 is 1.57 bits per heavy atom. The van der Waals surface area contributed by atoms with Crippen molar-refractivity contribution in [3.63, 3.8) is 0 Å². The zero-order valence-electron chi connectivity index (χ0n) is 12.2. The van der Waals surface area contributed by atoms with Gasteiger partial charge in [-0.15, -0.1) is 0 Å². The van der Waals surface area contributed by atoms with Crippen molar-refractivity contribution in [3.8, 4) is 0 Å². The number of fused-ring (bicyclic) bond motifs is 1. The molecule has 6 heteroatoms. The summed E-state index contributed by atoms with van der Waals surface area (Å²) in [5.74, 6) is -0.737. The number of nitrogens with zero attached hydrogens (tertiary/aromatic N) is 2. The number of benzene rings is 2. The number of hydrogen-bond donors (Lipinski definition) is 0. The van der Waals surface area contributed by atoms with Crippen LogP contribution in [0.2, 0.25) is 0 Å². The summed E-state index contributed by atoms with van der Waals surface area (Å²) in [5.41, 5.74) is 2.05. The van der Waals surface area contributed by atoms with E-state index >= 15 is 0 Å². The largest absolute Gasteiger partial charge is 0.277 e. The second-order valence-corrected chi connectivity index (χ2v) is 5.12. The molecule has 0 bridgehead atoms. The average molecular weight is 308 g/mol. The van der Waals surface area contributed by atoms with Crippen LogP contribution in [0, 0.1) is 10.1 Å². The van der Waals surface area contributed by atoms with Gasteiger partial charge in [-0.2, -0.15) is 0 Å². The van der Waals surface area contributed by atoms with E-state index in [0.29, 0.717) is 22.3 Å². The molecule has 23 heavy (non-hydrogen) atoms. The van der Waals surface area contributed by atoms with Gasteiger partial charge in [0.25, 0.3) is 17.5 Å². The number of non-ortho nitro benzene ring substituents is 1. The molecule has 2 aromatic carbocycles. The Kier molecular flexibility index (Phi) is 3.50. The molecule has 2 amide bonds. The minimum absolute atomic E-state index is 0.0187.